The van der Waals surface area contributed by atoms with Gasteiger partial charge in [0.25, 0.3) is 11.8 Å². The predicted molar refractivity (Wildman–Crippen MR) is 66.6 cm³/mol. The molecule has 1 heterocycles. The monoisotopic (exact) mass is 281 g/mol. The molecule has 0 atom stereocenters. The van der Waals surface area contributed by atoms with Gasteiger partial charge in [0.2, 0.25) is 0 Å². The number of amides is 4. The highest BCUT2D eigenvalue weighted by Crippen LogP contribution is 2.12. The summed E-state index contributed by atoms with van der Waals surface area (Å²) in [4.78, 5) is 49.5. The molecular formula is C12H15N3O5. The minimum absolute atomic E-state index is 0.0214. The lowest BCUT2D eigenvalue weighted by Gasteiger charge is -2.12. The smallest absolute Gasteiger partial charge is 0.333 e. The second kappa shape index (κ2) is 7.78. The van der Waals surface area contributed by atoms with Crippen molar-refractivity contribution in [3.8, 4) is 12.3 Å². The second-order valence-corrected chi connectivity index (χ2v) is 3.96. The summed E-state index contributed by atoms with van der Waals surface area (Å²) in [5, 5.41) is 5.37. The normalized spacial score (nSPS) is 13.8. The number of hydrogen-bond donors (Lipinski definition) is 2. The van der Waals surface area contributed by atoms with Crippen LogP contribution in [0.15, 0.2) is 0 Å². The molecule has 0 aromatic rings. The Labute approximate surface area is 115 Å². The number of urea groups is 1. The lowest BCUT2D eigenvalue weighted by Crippen LogP contribution is -2.36. The van der Waals surface area contributed by atoms with Gasteiger partial charge in [0, 0.05) is 25.8 Å². The molecule has 1 aliphatic heterocycles. The summed E-state index contributed by atoms with van der Waals surface area (Å²) < 4.78 is 0. The van der Waals surface area contributed by atoms with Gasteiger partial charge in [-0.2, -0.15) is 0 Å². The van der Waals surface area contributed by atoms with Gasteiger partial charge in [-0.3, -0.25) is 9.59 Å². The Morgan fingerprint density at radius 3 is 2.50 bits per heavy atom. The highest BCUT2D eigenvalue weighted by Gasteiger charge is 2.32. The first-order chi connectivity index (χ1) is 9.54. The molecule has 20 heavy (non-hydrogen) atoms. The fourth-order valence-electron chi connectivity index (χ4n) is 1.43. The zero-order chi connectivity index (χ0) is 15.0. The van der Waals surface area contributed by atoms with Crippen LogP contribution < -0.4 is 10.6 Å². The summed E-state index contributed by atoms with van der Waals surface area (Å²) in [7, 11) is 0. The molecule has 0 aromatic heterocycles. The molecule has 4 amide bonds. The maximum Gasteiger partial charge on any atom is 0.333 e. The van der Waals surface area contributed by atoms with Crippen LogP contribution in [-0.2, 0) is 19.2 Å². The number of hydroxylamine groups is 2. The molecule has 0 aliphatic carbocycles. The summed E-state index contributed by atoms with van der Waals surface area (Å²) in [6.07, 6.45) is 5.37. The van der Waals surface area contributed by atoms with Gasteiger partial charge >= 0.3 is 12.0 Å². The molecule has 0 saturated carbocycles. The van der Waals surface area contributed by atoms with Crippen molar-refractivity contribution in [3.05, 3.63) is 0 Å². The summed E-state index contributed by atoms with van der Waals surface area (Å²) in [5.41, 5.74) is 0. The number of nitrogens with one attached hydrogen (secondary N) is 2. The molecule has 0 radical (unpaired) electrons. The van der Waals surface area contributed by atoms with Crippen molar-refractivity contribution in [2.45, 2.75) is 25.7 Å². The van der Waals surface area contributed by atoms with Gasteiger partial charge in [-0.25, -0.2) is 9.59 Å². The van der Waals surface area contributed by atoms with Gasteiger partial charge in [0.1, 0.15) is 0 Å². The molecule has 0 aromatic carbocycles. The Morgan fingerprint density at radius 1 is 1.25 bits per heavy atom. The van der Waals surface area contributed by atoms with Crippen LogP contribution >= 0.6 is 0 Å². The molecule has 1 rings (SSSR count). The molecule has 8 heteroatoms. The third-order valence-corrected chi connectivity index (χ3v) is 2.39. The highest BCUT2D eigenvalue weighted by molar-refractivity contribution is 6.01. The summed E-state index contributed by atoms with van der Waals surface area (Å²) in [5.74, 6) is 0.509. The van der Waals surface area contributed by atoms with Gasteiger partial charge in [0.15, 0.2) is 0 Å². The number of carbonyl (C=O) groups is 4. The minimum Gasteiger partial charge on any atom is -0.338 e. The zero-order valence-electron chi connectivity index (χ0n) is 10.8. The quantitative estimate of drug-likeness (QED) is 0.381. The molecule has 2 N–H and O–H groups in total. The van der Waals surface area contributed by atoms with E-state index in [-0.39, 0.29) is 32.4 Å². The van der Waals surface area contributed by atoms with Crippen LogP contribution in [0.3, 0.4) is 0 Å². The number of terminal acetylenes is 1. The number of hydrogen-bond acceptors (Lipinski definition) is 5. The molecule has 1 aliphatic rings. The minimum atomic E-state index is -0.695. The molecule has 8 nitrogen and oxygen atoms in total. The molecule has 0 bridgehead atoms. The van der Waals surface area contributed by atoms with Crippen molar-refractivity contribution in [1.82, 2.24) is 15.7 Å². The lowest BCUT2D eigenvalue weighted by molar-refractivity contribution is -0.197. The Bertz CT molecular complexity index is 438. The maximum absolute atomic E-state index is 11.4. The van der Waals surface area contributed by atoms with Crippen LogP contribution in [0.5, 0.6) is 0 Å². The van der Waals surface area contributed by atoms with E-state index in [2.05, 4.69) is 21.4 Å². The number of carbonyl (C=O) groups excluding carboxylic acids is 4. The van der Waals surface area contributed by atoms with Gasteiger partial charge in [-0.05, 0) is 6.42 Å². The molecule has 0 unspecified atom stereocenters. The highest BCUT2D eigenvalue weighted by atomic mass is 16.7. The van der Waals surface area contributed by atoms with E-state index in [9.17, 15) is 19.2 Å². The molecule has 0 spiro atoms. The molecule has 1 saturated heterocycles. The first-order valence-electron chi connectivity index (χ1n) is 6.06. The van der Waals surface area contributed by atoms with Crippen molar-refractivity contribution in [3.63, 3.8) is 0 Å². The summed E-state index contributed by atoms with van der Waals surface area (Å²) in [6, 6.07) is -0.429. The van der Waals surface area contributed by atoms with E-state index in [0.29, 0.717) is 11.5 Å². The predicted octanol–water partition coefficient (Wildman–Crippen LogP) is -0.694. The summed E-state index contributed by atoms with van der Waals surface area (Å²) >= 11 is 0. The van der Waals surface area contributed by atoms with E-state index in [1.165, 1.54) is 0 Å². The Balaban J connectivity index is 2.15. The topological polar surface area (TPSA) is 105 Å². The average Bonchev–Trinajstić information content (AvgIpc) is 2.73. The Morgan fingerprint density at radius 2 is 1.90 bits per heavy atom. The molecule has 1 fully saturated rings. The third-order valence-electron chi connectivity index (χ3n) is 2.39. The number of nitrogens with zero attached hydrogens (tertiary/aromatic N) is 1. The van der Waals surface area contributed by atoms with Crippen LogP contribution in [0.1, 0.15) is 25.7 Å². The van der Waals surface area contributed by atoms with E-state index >= 15 is 0 Å². The van der Waals surface area contributed by atoms with Crippen molar-refractivity contribution in [1.29, 1.82) is 0 Å². The largest absolute Gasteiger partial charge is 0.338 e. The van der Waals surface area contributed by atoms with Gasteiger partial charge in [-0.15, -0.1) is 11.5 Å². The molecular weight excluding hydrogens is 266 g/mol. The van der Waals surface area contributed by atoms with Crippen LogP contribution in [0.4, 0.5) is 4.79 Å². The van der Waals surface area contributed by atoms with Crippen LogP contribution in [0.25, 0.3) is 0 Å². The average molecular weight is 281 g/mol. The first kappa shape index (κ1) is 15.5. The maximum atomic E-state index is 11.4. The van der Waals surface area contributed by atoms with Crippen molar-refractivity contribution in [2.75, 3.05) is 13.1 Å². The van der Waals surface area contributed by atoms with Gasteiger partial charge in [0.05, 0.1) is 6.54 Å². The fourth-order valence-corrected chi connectivity index (χ4v) is 1.43. The number of rotatable bonds is 6. The zero-order valence-corrected chi connectivity index (χ0v) is 10.8. The van der Waals surface area contributed by atoms with Crippen LogP contribution in [0, 0.1) is 12.3 Å². The van der Waals surface area contributed by atoms with Gasteiger partial charge < -0.3 is 15.5 Å². The van der Waals surface area contributed by atoms with E-state index in [1.54, 1.807) is 0 Å². The van der Waals surface area contributed by atoms with Crippen LogP contribution in [0.2, 0.25) is 0 Å². The first-order valence-corrected chi connectivity index (χ1v) is 6.06. The standard InChI is InChI=1S/C12H15N3O5/c1-2-7-13-12(19)14-8-3-4-11(18)20-15-9(16)5-6-10(15)17/h1H,3-8H2,(H2,13,14,19). The Kier molecular flexibility index (Phi) is 6.03. The van der Waals surface area contributed by atoms with Crippen molar-refractivity contribution >= 4 is 23.8 Å². The van der Waals surface area contributed by atoms with E-state index in [0.717, 1.165) is 0 Å². The van der Waals surface area contributed by atoms with Gasteiger partial charge in [-0.1, -0.05) is 5.92 Å². The number of imide groups is 1. The second-order valence-electron chi connectivity index (χ2n) is 3.96. The van der Waals surface area contributed by atoms with Crippen molar-refractivity contribution < 1.29 is 24.0 Å². The Hall–Kier alpha value is -2.56. The van der Waals surface area contributed by atoms with E-state index in [4.69, 9.17) is 6.42 Å². The van der Waals surface area contributed by atoms with E-state index < -0.39 is 23.8 Å². The van der Waals surface area contributed by atoms with E-state index in [1.807, 2.05) is 0 Å². The SMILES string of the molecule is C#CCNC(=O)NCCCC(=O)ON1C(=O)CCC1=O. The van der Waals surface area contributed by atoms with Crippen molar-refractivity contribution in [2.24, 2.45) is 0 Å². The van der Waals surface area contributed by atoms with Crippen LogP contribution in [-0.4, -0.2) is 42.0 Å². The third kappa shape index (κ3) is 4.97. The summed E-state index contributed by atoms with van der Waals surface area (Å²) in [6.45, 7) is 0.362. The lowest BCUT2D eigenvalue weighted by atomic mass is 10.3. The molecule has 108 valence electrons. The fraction of sp³-hybridized carbons (Fsp3) is 0.500.